The van der Waals surface area contributed by atoms with Crippen LogP contribution >= 0.6 is 0 Å². The molecule has 7 nitrogen and oxygen atoms in total. The summed E-state index contributed by atoms with van der Waals surface area (Å²) in [5.41, 5.74) is 0. The number of nitrogens with zero attached hydrogens (tertiary/aromatic N) is 4. The number of hydrogen-bond donors (Lipinski definition) is 1. The minimum Gasteiger partial charge on any atom is -0.338 e. The molecule has 2 aromatic rings. The van der Waals surface area contributed by atoms with Crippen LogP contribution in [0.5, 0.6) is 0 Å². The average molecular weight is 327 g/mol. The third-order valence-electron chi connectivity index (χ3n) is 4.58. The van der Waals surface area contributed by atoms with E-state index >= 15 is 0 Å². The minimum absolute atomic E-state index is 0.0354. The van der Waals surface area contributed by atoms with Crippen LogP contribution in [0, 0.1) is 0 Å². The Morgan fingerprint density at radius 3 is 3.00 bits per heavy atom. The number of carbonyl (C=O) groups excluding carboxylic acids is 1. The highest BCUT2D eigenvalue weighted by molar-refractivity contribution is 5.91. The van der Waals surface area contributed by atoms with Crippen LogP contribution in [0.15, 0.2) is 28.9 Å². The van der Waals surface area contributed by atoms with Gasteiger partial charge in [0.05, 0.1) is 12.6 Å². The number of carbonyl (C=O) groups is 1. The summed E-state index contributed by atoms with van der Waals surface area (Å²) in [5, 5.41) is 6.95. The summed E-state index contributed by atoms with van der Waals surface area (Å²) in [4.78, 5) is 23.2. The van der Waals surface area contributed by atoms with E-state index in [4.69, 9.17) is 4.52 Å². The smallest absolute Gasteiger partial charge is 0.244 e. The van der Waals surface area contributed by atoms with Crippen molar-refractivity contribution in [2.75, 3.05) is 18.4 Å². The van der Waals surface area contributed by atoms with Crippen molar-refractivity contribution in [1.82, 2.24) is 20.0 Å². The van der Waals surface area contributed by atoms with Crippen LogP contribution in [-0.2, 0) is 4.79 Å². The van der Waals surface area contributed by atoms with Gasteiger partial charge in [-0.25, -0.2) is 4.98 Å². The summed E-state index contributed by atoms with van der Waals surface area (Å²) in [6.45, 7) is 1.17. The van der Waals surface area contributed by atoms with E-state index in [0.717, 1.165) is 44.5 Å². The molecular weight excluding hydrogens is 306 g/mol. The Labute approximate surface area is 140 Å². The second-order valence-electron chi connectivity index (χ2n) is 6.51. The fraction of sp³-hybridized carbons (Fsp3) is 0.529. The predicted octanol–water partition coefficient (Wildman–Crippen LogP) is 2.51. The van der Waals surface area contributed by atoms with Crippen LogP contribution in [0.3, 0.4) is 0 Å². The lowest BCUT2D eigenvalue weighted by molar-refractivity contribution is -0.118. The van der Waals surface area contributed by atoms with Gasteiger partial charge in [-0.05, 0) is 44.4 Å². The molecule has 0 aromatic carbocycles. The molecule has 1 aliphatic heterocycles. The van der Waals surface area contributed by atoms with Gasteiger partial charge in [-0.2, -0.15) is 4.98 Å². The van der Waals surface area contributed by atoms with Gasteiger partial charge < -0.3 is 9.84 Å². The number of aromatic nitrogens is 3. The lowest BCUT2D eigenvalue weighted by atomic mass is 10.0. The first-order valence-corrected chi connectivity index (χ1v) is 8.58. The Kier molecular flexibility index (Phi) is 4.25. The molecule has 126 valence electrons. The zero-order valence-electron chi connectivity index (χ0n) is 13.5. The molecule has 2 aliphatic rings. The highest BCUT2D eigenvalue weighted by Gasteiger charge is 2.33. The molecule has 1 saturated heterocycles. The molecule has 7 heteroatoms. The summed E-state index contributed by atoms with van der Waals surface area (Å²) in [6.07, 6.45) is 7.11. The number of nitrogens with one attached hydrogen (secondary N) is 1. The Bertz CT molecular complexity index is 698. The van der Waals surface area contributed by atoms with Gasteiger partial charge >= 0.3 is 0 Å². The molecule has 1 amide bonds. The van der Waals surface area contributed by atoms with E-state index in [9.17, 15) is 4.79 Å². The molecule has 1 atom stereocenters. The third-order valence-corrected chi connectivity index (χ3v) is 4.58. The van der Waals surface area contributed by atoms with Crippen molar-refractivity contribution in [3.8, 4) is 0 Å². The van der Waals surface area contributed by atoms with Crippen LogP contribution in [0.1, 0.15) is 55.8 Å². The molecule has 3 heterocycles. The second-order valence-corrected chi connectivity index (χ2v) is 6.51. The number of rotatable bonds is 5. The molecule has 0 bridgehead atoms. The number of pyridine rings is 1. The second kappa shape index (κ2) is 6.68. The standard InChI is InChI=1S/C17H21N5O2/c23-15(19-14-6-1-3-9-18-14)11-22-10-4-2-5-13(22)17-20-16(21-24-17)12-7-8-12/h1,3,6,9,12-13H,2,4-5,7-8,10-11H2,(H,18,19,23). The van der Waals surface area contributed by atoms with Crippen molar-refractivity contribution >= 4 is 11.7 Å². The lowest BCUT2D eigenvalue weighted by Gasteiger charge is -2.32. The summed E-state index contributed by atoms with van der Waals surface area (Å²) in [5.74, 6) is 2.47. The molecule has 0 radical (unpaired) electrons. The number of likely N-dealkylation sites (tertiary alicyclic amines) is 1. The first kappa shape index (κ1) is 15.3. The summed E-state index contributed by atoms with van der Waals surface area (Å²) in [6, 6.07) is 5.49. The topological polar surface area (TPSA) is 84.2 Å². The summed E-state index contributed by atoms with van der Waals surface area (Å²) in [7, 11) is 0. The average Bonchev–Trinajstić information content (AvgIpc) is 3.34. The van der Waals surface area contributed by atoms with Crippen LogP contribution in [0.25, 0.3) is 0 Å². The Balaban J connectivity index is 1.42. The lowest BCUT2D eigenvalue weighted by Crippen LogP contribution is -2.39. The SMILES string of the molecule is O=C(CN1CCCCC1c1nc(C2CC2)no1)Nc1ccccn1. The van der Waals surface area contributed by atoms with E-state index < -0.39 is 0 Å². The fourth-order valence-corrected chi connectivity index (χ4v) is 3.15. The Morgan fingerprint density at radius 1 is 1.29 bits per heavy atom. The van der Waals surface area contributed by atoms with Crippen LogP contribution in [0.2, 0.25) is 0 Å². The minimum atomic E-state index is -0.0671. The molecule has 4 rings (SSSR count). The van der Waals surface area contributed by atoms with Crippen molar-refractivity contribution < 1.29 is 9.32 Å². The van der Waals surface area contributed by atoms with Gasteiger partial charge in [0.1, 0.15) is 5.82 Å². The third kappa shape index (κ3) is 3.46. The zero-order chi connectivity index (χ0) is 16.4. The molecule has 24 heavy (non-hydrogen) atoms. The first-order valence-electron chi connectivity index (χ1n) is 8.58. The molecule has 1 unspecified atom stereocenters. The van der Waals surface area contributed by atoms with E-state index in [1.165, 1.54) is 0 Å². The summed E-state index contributed by atoms with van der Waals surface area (Å²) >= 11 is 0. The van der Waals surface area contributed by atoms with Gasteiger partial charge in [-0.15, -0.1) is 0 Å². The van der Waals surface area contributed by atoms with Gasteiger partial charge in [0.25, 0.3) is 0 Å². The molecule has 1 N–H and O–H groups in total. The first-order chi connectivity index (χ1) is 11.8. The van der Waals surface area contributed by atoms with Crippen molar-refractivity contribution in [3.05, 3.63) is 36.1 Å². The molecule has 1 saturated carbocycles. The monoisotopic (exact) mass is 327 g/mol. The fourth-order valence-electron chi connectivity index (χ4n) is 3.15. The Morgan fingerprint density at radius 2 is 2.21 bits per heavy atom. The van der Waals surface area contributed by atoms with Crippen molar-refractivity contribution in [2.45, 2.75) is 44.1 Å². The molecular formula is C17H21N5O2. The number of anilines is 1. The maximum atomic E-state index is 12.3. The Hall–Kier alpha value is -2.28. The predicted molar refractivity (Wildman–Crippen MR) is 87.3 cm³/mol. The van der Waals surface area contributed by atoms with E-state index in [1.807, 2.05) is 12.1 Å². The largest absolute Gasteiger partial charge is 0.338 e. The van der Waals surface area contributed by atoms with Gasteiger partial charge in [-0.3, -0.25) is 9.69 Å². The van der Waals surface area contributed by atoms with E-state index in [1.54, 1.807) is 12.3 Å². The highest BCUT2D eigenvalue weighted by Crippen LogP contribution is 2.39. The zero-order valence-corrected chi connectivity index (χ0v) is 13.5. The van der Waals surface area contributed by atoms with Crippen LogP contribution < -0.4 is 5.32 Å². The molecule has 1 aliphatic carbocycles. The maximum absolute atomic E-state index is 12.3. The van der Waals surface area contributed by atoms with Crippen LogP contribution in [-0.4, -0.2) is 39.0 Å². The number of amides is 1. The van der Waals surface area contributed by atoms with Gasteiger partial charge in [0.15, 0.2) is 5.82 Å². The summed E-state index contributed by atoms with van der Waals surface area (Å²) < 4.78 is 5.49. The molecule has 0 spiro atoms. The van der Waals surface area contributed by atoms with Crippen molar-refractivity contribution in [2.24, 2.45) is 0 Å². The quantitative estimate of drug-likeness (QED) is 0.908. The van der Waals surface area contributed by atoms with Gasteiger partial charge in [0, 0.05) is 12.1 Å². The van der Waals surface area contributed by atoms with Gasteiger partial charge in [0.2, 0.25) is 11.8 Å². The highest BCUT2D eigenvalue weighted by atomic mass is 16.5. The molecule has 2 fully saturated rings. The normalized spacial score (nSPS) is 21.6. The van der Waals surface area contributed by atoms with Crippen LogP contribution in [0.4, 0.5) is 5.82 Å². The van der Waals surface area contributed by atoms with E-state index in [-0.39, 0.29) is 11.9 Å². The number of hydrogen-bond acceptors (Lipinski definition) is 6. The van der Waals surface area contributed by atoms with E-state index in [2.05, 4.69) is 25.3 Å². The van der Waals surface area contributed by atoms with Gasteiger partial charge in [-0.1, -0.05) is 17.6 Å². The maximum Gasteiger partial charge on any atom is 0.244 e. The van der Waals surface area contributed by atoms with Crippen molar-refractivity contribution in [3.63, 3.8) is 0 Å². The van der Waals surface area contributed by atoms with Crippen molar-refractivity contribution in [1.29, 1.82) is 0 Å². The molecule has 2 aromatic heterocycles. The van der Waals surface area contributed by atoms with E-state index in [0.29, 0.717) is 24.2 Å². The number of piperidine rings is 1.